The van der Waals surface area contributed by atoms with Crippen LogP contribution in [0.4, 0.5) is 8.78 Å². The van der Waals surface area contributed by atoms with Gasteiger partial charge in [-0.15, -0.1) is 0 Å². The molecule has 0 aliphatic carbocycles. The van der Waals surface area contributed by atoms with Crippen LogP contribution in [0.5, 0.6) is 5.75 Å². The van der Waals surface area contributed by atoms with Crippen LogP contribution in [0, 0.1) is 0 Å². The Bertz CT molecular complexity index is 926. The summed E-state index contributed by atoms with van der Waals surface area (Å²) < 4.78 is 54.5. The van der Waals surface area contributed by atoms with Crippen LogP contribution in [0.2, 0.25) is 0 Å². The van der Waals surface area contributed by atoms with Gasteiger partial charge in [-0.1, -0.05) is 41.4 Å². The van der Waals surface area contributed by atoms with Gasteiger partial charge in [0, 0.05) is 17.4 Å². The van der Waals surface area contributed by atoms with E-state index in [0.717, 1.165) is 0 Å². The van der Waals surface area contributed by atoms with E-state index < -0.39 is 17.5 Å². The van der Waals surface area contributed by atoms with Crippen molar-refractivity contribution in [1.82, 2.24) is 9.78 Å². The van der Waals surface area contributed by atoms with Crippen LogP contribution >= 0.6 is 0 Å². The largest absolute Gasteiger partial charge is 0.772 e. The molecule has 1 heterocycles. The van der Waals surface area contributed by atoms with E-state index in [1.165, 1.54) is 17.9 Å². The SMILES string of the molecule is COc1cccc(-n2nc(C(F)F)cc2-c2ccc(CS(=O)[O-])cc2)c1. The highest BCUT2D eigenvalue weighted by molar-refractivity contribution is 7.78. The zero-order valence-corrected chi connectivity index (χ0v) is 14.6. The number of hydrogen-bond donors (Lipinski definition) is 0. The molecule has 2 aromatic carbocycles. The highest BCUT2D eigenvalue weighted by atomic mass is 32.2. The van der Waals surface area contributed by atoms with E-state index in [-0.39, 0.29) is 11.4 Å². The Morgan fingerprint density at radius 3 is 2.54 bits per heavy atom. The molecule has 0 fully saturated rings. The first-order valence-electron chi connectivity index (χ1n) is 7.65. The maximum absolute atomic E-state index is 13.2. The zero-order chi connectivity index (χ0) is 18.7. The van der Waals surface area contributed by atoms with Crippen LogP contribution in [0.3, 0.4) is 0 Å². The van der Waals surface area contributed by atoms with Crippen LogP contribution in [0.1, 0.15) is 17.7 Å². The van der Waals surface area contributed by atoms with Crippen molar-refractivity contribution < 1.29 is 22.3 Å². The predicted molar refractivity (Wildman–Crippen MR) is 93.1 cm³/mol. The smallest absolute Gasteiger partial charge is 0.282 e. The fraction of sp³-hybridized carbons (Fsp3) is 0.167. The Morgan fingerprint density at radius 2 is 1.92 bits per heavy atom. The minimum absolute atomic E-state index is 0.0995. The molecule has 1 atom stereocenters. The lowest BCUT2D eigenvalue weighted by atomic mass is 10.1. The van der Waals surface area contributed by atoms with Crippen molar-refractivity contribution in [3.05, 3.63) is 65.9 Å². The Morgan fingerprint density at radius 1 is 1.19 bits per heavy atom. The fourth-order valence-electron chi connectivity index (χ4n) is 2.56. The first-order chi connectivity index (χ1) is 12.5. The average Bonchev–Trinajstić information content (AvgIpc) is 3.07. The van der Waals surface area contributed by atoms with E-state index in [4.69, 9.17) is 4.74 Å². The van der Waals surface area contributed by atoms with Crippen LogP contribution in [0.25, 0.3) is 16.9 Å². The number of methoxy groups -OCH3 is 1. The third-order valence-corrected chi connectivity index (χ3v) is 4.35. The van der Waals surface area contributed by atoms with E-state index in [0.29, 0.717) is 28.3 Å². The van der Waals surface area contributed by atoms with E-state index >= 15 is 0 Å². The molecule has 0 saturated heterocycles. The molecule has 26 heavy (non-hydrogen) atoms. The fourth-order valence-corrected chi connectivity index (χ4v) is 3.02. The maximum atomic E-state index is 13.2. The number of alkyl halides is 2. The summed E-state index contributed by atoms with van der Waals surface area (Å²) in [6.07, 6.45) is -2.71. The second-order valence-electron chi connectivity index (χ2n) is 5.51. The van der Waals surface area contributed by atoms with Gasteiger partial charge in [0.05, 0.1) is 18.5 Å². The van der Waals surface area contributed by atoms with Crippen molar-refractivity contribution in [3.8, 4) is 22.7 Å². The maximum Gasteiger partial charge on any atom is 0.282 e. The third kappa shape index (κ3) is 3.97. The first-order valence-corrected chi connectivity index (χ1v) is 8.90. The van der Waals surface area contributed by atoms with Crippen LogP contribution in [-0.2, 0) is 16.8 Å². The number of hydrogen-bond acceptors (Lipinski definition) is 4. The Kier molecular flexibility index (Phi) is 5.43. The molecule has 0 spiro atoms. The summed E-state index contributed by atoms with van der Waals surface area (Å²) in [6.45, 7) is 0. The van der Waals surface area contributed by atoms with Gasteiger partial charge in [0.25, 0.3) is 6.43 Å². The van der Waals surface area contributed by atoms with Crippen molar-refractivity contribution in [2.24, 2.45) is 0 Å². The van der Waals surface area contributed by atoms with E-state index in [1.807, 2.05) is 0 Å². The molecule has 8 heteroatoms. The molecule has 1 unspecified atom stereocenters. The Hall–Kier alpha value is -2.58. The lowest BCUT2D eigenvalue weighted by molar-refractivity contribution is 0.145. The van der Waals surface area contributed by atoms with Crippen LogP contribution < -0.4 is 4.74 Å². The van der Waals surface area contributed by atoms with Gasteiger partial charge < -0.3 is 9.29 Å². The van der Waals surface area contributed by atoms with Crippen molar-refractivity contribution in [1.29, 1.82) is 0 Å². The van der Waals surface area contributed by atoms with Gasteiger partial charge >= 0.3 is 0 Å². The summed E-state index contributed by atoms with van der Waals surface area (Å²) in [5, 5.41) is 4.02. The molecule has 1 aromatic heterocycles. The van der Waals surface area contributed by atoms with Gasteiger partial charge in [-0.3, -0.25) is 4.21 Å². The molecule has 136 valence electrons. The molecular formula is C18H15F2N2O3S-. The minimum atomic E-state index is -2.71. The highest BCUT2D eigenvalue weighted by Gasteiger charge is 2.18. The Balaban J connectivity index is 2.06. The topological polar surface area (TPSA) is 67.2 Å². The summed E-state index contributed by atoms with van der Waals surface area (Å²) >= 11 is -2.19. The molecule has 0 radical (unpaired) electrons. The molecule has 3 rings (SSSR count). The Labute approximate surface area is 151 Å². The van der Waals surface area contributed by atoms with E-state index in [2.05, 4.69) is 5.10 Å². The van der Waals surface area contributed by atoms with Crippen LogP contribution in [0.15, 0.2) is 54.6 Å². The summed E-state index contributed by atoms with van der Waals surface area (Å²) in [5.74, 6) is 0.480. The molecule has 0 amide bonds. The third-order valence-electron chi connectivity index (χ3n) is 3.78. The number of ether oxygens (including phenoxy) is 1. The summed E-state index contributed by atoms with van der Waals surface area (Å²) in [6, 6.07) is 14.9. The van der Waals surface area contributed by atoms with Gasteiger partial charge in [-0.2, -0.15) is 5.10 Å². The van der Waals surface area contributed by atoms with Crippen molar-refractivity contribution in [2.45, 2.75) is 12.2 Å². The zero-order valence-electron chi connectivity index (χ0n) is 13.8. The number of rotatable bonds is 6. The quantitative estimate of drug-likeness (QED) is 0.612. The summed E-state index contributed by atoms with van der Waals surface area (Å²) in [7, 11) is 1.52. The second-order valence-corrected chi connectivity index (χ2v) is 6.41. The van der Waals surface area contributed by atoms with E-state index in [9.17, 15) is 17.5 Å². The molecule has 0 bridgehead atoms. The van der Waals surface area contributed by atoms with Gasteiger partial charge in [0.2, 0.25) is 0 Å². The number of nitrogens with zero attached hydrogens (tertiary/aromatic N) is 2. The molecule has 0 aliphatic heterocycles. The molecular weight excluding hydrogens is 362 g/mol. The van der Waals surface area contributed by atoms with Crippen LogP contribution in [-0.4, -0.2) is 25.7 Å². The minimum Gasteiger partial charge on any atom is -0.772 e. The first kappa shape index (κ1) is 18.2. The van der Waals surface area contributed by atoms with E-state index in [1.54, 1.807) is 48.5 Å². The standard InChI is InChI=1S/C18H16F2N2O3S/c1-25-15-4-2-3-14(9-15)22-17(10-16(21-22)18(19)20)13-7-5-12(6-8-13)11-26(23)24/h2-10,18H,11H2,1H3,(H,23,24)/p-1. The molecule has 3 aromatic rings. The van der Waals surface area contributed by atoms with Gasteiger partial charge in [0.1, 0.15) is 11.4 Å². The number of aromatic nitrogens is 2. The predicted octanol–water partition coefficient (Wildman–Crippen LogP) is 3.86. The van der Waals surface area contributed by atoms with Gasteiger partial charge in [-0.25, -0.2) is 13.5 Å². The van der Waals surface area contributed by atoms with Crippen molar-refractivity contribution >= 4 is 11.1 Å². The summed E-state index contributed by atoms with van der Waals surface area (Å²) in [4.78, 5) is 0. The highest BCUT2D eigenvalue weighted by Crippen LogP contribution is 2.29. The average molecular weight is 377 g/mol. The van der Waals surface area contributed by atoms with Crippen molar-refractivity contribution in [3.63, 3.8) is 0 Å². The lowest BCUT2D eigenvalue weighted by Gasteiger charge is -2.10. The molecule has 5 nitrogen and oxygen atoms in total. The summed E-state index contributed by atoms with van der Waals surface area (Å²) in [5.41, 5.74) is 1.98. The molecule has 0 aliphatic rings. The normalized spacial score (nSPS) is 12.3. The molecule has 0 N–H and O–H groups in total. The molecule has 0 saturated carbocycles. The van der Waals surface area contributed by atoms with Gasteiger partial charge in [0.15, 0.2) is 0 Å². The second kappa shape index (κ2) is 7.76. The lowest BCUT2D eigenvalue weighted by Crippen LogP contribution is -2.00. The van der Waals surface area contributed by atoms with Gasteiger partial charge in [-0.05, 0) is 23.8 Å². The number of benzene rings is 2. The van der Waals surface area contributed by atoms with Crippen molar-refractivity contribution in [2.75, 3.05) is 7.11 Å². The monoisotopic (exact) mass is 377 g/mol. The number of halogens is 2.